The van der Waals surface area contributed by atoms with Crippen LogP contribution in [0.2, 0.25) is 5.02 Å². The number of benzene rings is 2. The van der Waals surface area contributed by atoms with Crippen molar-refractivity contribution in [2.24, 2.45) is 0 Å². The van der Waals surface area contributed by atoms with Crippen molar-refractivity contribution in [2.45, 2.75) is 43.7 Å². The van der Waals surface area contributed by atoms with E-state index in [2.05, 4.69) is 10.6 Å². The van der Waals surface area contributed by atoms with E-state index in [9.17, 15) is 14.4 Å². The summed E-state index contributed by atoms with van der Waals surface area (Å²) in [6, 6.07) is 13.9. The summed E-state index contributed by atoms with van der Waals surface area (Å²) < 4.78 is 10.8. The molecule has 2 aromatic rings. The summed E-state index contributed by atoms with van der Waals surface area (Å²) in [4.78, 5) is 39.5. The summed E-state index contributed by atoms with van der Waals surface area (Å²) in [5.74, 6) is 0.247. The summed E-state index contributed by atoms with van der Waals surface area (Å²) in [5.41, 5.74) is 1.47. The molecular formula is C26H30ClN3O5. The van der Waals surface area contributed by atoms with Crippen molar-refractivity contribution < 1.29 is 23.9 Å². The molecule has 2 aromatic carbocycles. The van der Waals surface area contributed by atoms with Crippen molar-refractivity contribution in [1.82, 2.24) is 15.5 Å². The fourth-order valence-corrected chi connectivity index (χ4v) is 4.87. The average Bonchev–Trinajstić information content (AvgIpc) is 3.15. The normalized spacial score (nSPS) is 19.4. The smallest absolute Gasteiger partial charge is 0.324 e. The van der Waals surface area contributed by atoms with E-state index in [-0.39, 0.29) is 31.2 Å². The number of carbonyl (C=O) groups excluding carboxylic acids is 3. The van der Waals surface area contributed by atoms with Crippen LogP contribution in [-0.2, 0) is 26.3 Å². The molecule has 4 amide bonds. The van der Waals surface area contributed by atoms with Crippen LogP contribution < -0.4 is 15.4 Å². The van der Waals surface area contributed by atoms with Gasteiger partial charge in [0.2, 0.25) is 5.91 Å². The highest BCUT2D eigenvalue weighted by Crippen LogP contribution is 2.37. The maximum absolute atomic E-state index is 13.1. The van der Waals surface area contributed by atoms with E-state index < -0.39 is 17.5 Å². The van der Waals surface area contributed by atoms with Crippen LogP contribution in [0.25, 0.3) is 0 Å². The highest BCUT2D eigenvalue weighted by atomic mass is 35.5. The number of ether oxygens (including phenoxy) is 2. The fraction of sp³-hybridized carbons (Fsp3) is 0.423. The Morgan fingerprint density at radius 1 is 1.17 bits per heavy atom. The second-order valence-corrected chi connectivity index (χ2v) is 9.36. The van der Waals surface area contributed by atoms with Gasteiger partial charge in [-0.1, -0.05) is 41.9 Å². The third-order valence-electron chi connectivity index (χ3n) is 6.81. The minimum Gasteiger partial charge on any atom is -0.497 e. The van der Waals surface area contributed by atoms with E-state index in [1.54, 1.807) is 13.2 Å². The first-order chi connectivity index (χ1) is 16.9. The van der Waals surface area contributed by atoms with Gasteiger partial charge in [0.1, 0.15) is 11.8 Å². The standard InChI is InChI=1S/C26H30ClN3O5/c1-34-20-8-6-19(7-9-20)26(12-14-35-15-13-26)17-30-24(32)22(29-25(30)33)10-11-23(31)28-16-18-4-2-3-5-21(18)27/h2-9,22H,10-17H2,1H3,(H,28,31)(H,29,33)/t22-/m0/s1. The summed E-state index contributed by atoms with van der Waals surface area (Å²) >= 11 is 6.13. The van der Waals surface area contributed by atoms with E-state index in [4.69, 9.17) is 21.1 Å². The molecule has 2 saturated heterocycles. The third-order valence-corrected chi connectivity index (χ3v) is 7.18. The van der Waals surface area contributed by atoms with Gasteiger partial charge in [0, 0.05) is 43.2 Å². The Morgan fingerprint density at radius 2 is 1.89 bits per heavy atom. The number of nitrogens with one attached hydrogen (secondary N) is 2. The molecule has 8 nitrogen and oxygen atoms in total. The molecule has 9 heteroatoms. The molecule has 0 aliphatic carbocycles. The number of urea groups is 1. The van der Waals surface area contributed by atoms with Crippen molar-refractivity contribution in [3.05, 3.63) is 64.7 Å². The van der Waals surface area contributed by atoms with Crippen LogP contribution in [0.15, 0.2) is 48.5 Å². The number of hydrogen-bond donors (Lipinski definition) is 2. The monoisotopic (exact) mass is 499 g/mol. The highest BCUT2D eigenvalue weighted by molar-refractivity contribution is 6.31. The first-order valence-corrected chi connectivity index (χ1v) is 12.1. The van der Waals surface area contributed by atoms with Gasteiger partial charge >= 0.3 is 6.03 Å². The van der Waals surface area contributed by atoms with Gasteiger partial charge in [-0.15, -0.1) is 0 Å². The molecular weight excluding hydrogens is 470 g/mol. The van der Waals surface area contributed by atoms with Crippen molar-refractivity contribution in [1.29, 1.82) is 0 Å². The highest BCUT2D eigenvalue weighted by Gasteiger charge is 2.44. The fourth-order valence-electron chi connectivity index (χ4n) is 4.67. The number of rotatable bonds is 9. The SMILES string of the molecule is COc1ccc(C2(CN3C(=O)N[C@@H](CCC(=O)NCc4ccccc4Cl)C3=O)CCOCC2)cc1. The number of hydrogen-bond acceptors (Lipinski definition) is 5. The van der Waals surface area contributed by atoms with Gasteiger partial charge in [-0.2, -0.15) is 0 Å². The number of imide groups is 1. The van der Waals surface area contributed by atoms with Gasteiger partial charge in [0.05, 0.1) is 7.11 Å². The Kier molecular flexibility index (Phi) is 7.93. The number of amides is 4. The Bertz CT molecular complexity index is 1070. The molecule has 2 aliphatic rings. The van der Waals surface area contributed by atoms with Gasteiger partial charge in [-0.05, 0) is 48.6 Å². The lowest BCUT2D eigenvalue weighted by Gasteiger charge is -2.39. The van der Waals surface area contributed by atoms with Crippen molar-refractivity contribution in [2.75, 3.05) is 26.9 Å². The Hall–Kier alpha value is -3.10. The van der Waals surface area contributed by atoms with E-state index in [1.807, 2.05) is 42.5 Å². The summed E-state index contributed by atoms with van der Waals surface area (Å²) in [5, 5.41) is 6.16. The van der Waals surface area contributed by atoms with Gasteiger partial charge in [-0.25, -0.2) is 4.79 Å². The molecule has 0 spiro atoms. The van der Waals surface area contributed by atoms with Crippen LogP contribution in [0, 0.1) is 0 Å². The molecule has 2 aliphatic heterocycles. The van der Waals surface area contributed by atoms with Crippen LogP contribution in [0.5, 0.6) is 5.75 Å². The quantitative estimate of drug-likeness (QED) is 0.515. The lowest BCUT2D eigenvalue weighted by molar-refractivity contribution is -0.129. The molecule has 2 N–H and O–H groups in total. The zero-order valence-corrected chi connectivity index (χ0v) is 20.5. The Morgan fingerprint density at radius 3 is 2.57 bits per heavy atom. The van der Waals surface area contributed by atoms with Gasteiger partial charge in [0.25, 0.3) is 5.91 Å². The second-order valence-electron chi connectivity index (χ2n) is 8.95. The van der Waals surface area contributed by atoms with Crippen LogP contribution in [0.1, 0.15) is 36.8 Å². The number of methoxy groups -OCH3 is 1. The van der Waals surface area contributed by atoms with Crippen molar-refractivity contribution >= 4 is 29.4 Å². The van der Waals surface area contributed by atoms with Crippen LogP contribution >= 0.6 is 11.6 Å². The molecule has 1 atom stereocenters. The van der Waals surface area contributed by atoms with Crippen molar-refractivity contribution in [3.8, 4) is 5.75 Å². The van der Waals surface area contributed by atoms with Crippen LogP contribution in [0.3, 0.4) is 0 Å². The molecule has 2 fully saturated rings. The first kappa shape index (κ1) is 25.0. The molecule has 0 unspecified atom stereocenters. The largest absolute Gasteiger partial charge is 0.497 e. The van der Waals surface area contributed by atoms with Crippen molar-refractivity contribution in [3.63, 3.8) is 0 Å². The average molecular weight is 500 g/mol. The molecule has 186 valence electrons. The summed E-state index contributed by atoms with van der Waals surface area (Å²) in [6.07, 6.45) is 1.75. The minimum absolute atomic E-state index is 0.118. The predicted octanol–water partition coefficient (Wildman–Crippen LogP) is 3.41. The molecule has 2 heterocycles. The van der Waals surface area contributed by atoms with Crippen LogP contribution in [-0.4, -0.2) is 55.7 Å². The van der Waals surface area contributed by atoms with E-state index >= 15 is 0 Å². The maximum atomic E-state index is 13.1. The maximum Gasteiger partial charge on any atom is 0.324 e. The number of nitrogens with zero attached hydrogens (tertiary/aromatic N) is 1. The first-order valence-electron chi connectivity index (χ1n) is 11.8. The Balaban J connectivity index is 1.37. The van der Waals surface area contributed by atoms with E-state index in [1.165, 1.54) is 4.90 Å². The van der Waals surface area contributed by atoms with Crippen LogP contribution in [0.4, 0.5) is 4.79 Å². The lowest BCUT2D eigenvalue weighted by atomic mass is 9.73. The predicted molar refractivity (Wildman–Crippen MR) is 131 cm³/mol. The second kappa shape index (κ2) is 11.1. The molecule has 0 radical (unpaired) electrons. The summed E-state index contributed by atoms with van der Waals surface area (Å²) in [6.45, 7) is 1.69. The topological polar surface area (TPSA) is 97.0 Å². The molecule has 0 aromatic heterocycles. The third kappa shape index (κ3) is 5.77. The zero-order valence-electron chi connectivity index (χ0n) is 19.7. The molecule has 0 bridgehead atoms. The van der Waals surface area contributed by atoms with Gasteiger partial charge in [-0.3, -0.25) is 14.5 Å². The van der Waals surface area contributed by atoms with E-state index in [0.29, 0.717) is 37.6 Å². The van der Waals surface area contributed by atoms with Gasteiger partial charge < -0.3 is 20.1 Å². The van der Waals surface area contributed by atoms with E-state index in [0.717, 1.165) is 16.9 Å². The Labute approximate surface area is 209 Å². The minimum atomic E-state index is -0.721. The molecule has 4 rings (SSSR count). The lowest BCUT2D eigenvalue weighted by Crippen LogP contribution is -2.47. The van der Waals surface area contributed by atoms with Gasteiger partial charge in [0.15, 0.2) is 0 Å². The molecule has 0 saturated carbocycles. The molecule has 35 heavy (non-hydrogen) atoms. The zero-order chi connectivity index (χ0) is 24.8. The number of carbonyl (C=O) groups is 3. The number of halogens is 1. The summed E-state index contributed by atoms with van der Waals surface area (Å²) in [7, 11) is 1.61.